The molecular weight excluding hydrogens is 494 g/mol. The first-order valence-electron chi connectivity index (χ1n) is 13.1. The number of rotatable bonds is 7. The Morgan fingerprint density at radius 2 is 1.97 bits per heavy atom. The van der Waals surface area contributed by atoms with Gasteiger partial charge in [-0.3, -0.25) is 4.79 Å². The van der Waals surface area contributed by atoms with Crippen LogP contribution in [0.2, 0.25) is 0 Å². The summed E-state index contributed by atoms with van der Waals surface area (Å²) in [7, 11) is 1.66. The quantitative estimate of drug-likeness (QED) is 0.282. The van der Waals surface area contributed by atoms with E-state index in [1.807, 2.05) is 36.0 Å². The molecule has 1 aromatic carbocycles. The van der Waals surface area contributed by atoms with Crippen molar-refractivity contribution in [3.63, 3.8) is 0 Å². The van der Waals surface area contributed by atoms with Crippen molar-refractivity contribution in [3.8, 4) is 5.75 Å². The number of hydrogen-bond donors (Lipinski definition) is 3. The lowest BCUT2D eigenvalue weighted by Crippen LogP contribution is -2.46. The monoisotopic (exact) mass is 531 g/mol. The minimum absolute atomic E-state index is 0.0331. The average Bonchev–Trinajstić information content (AvgIpc) is 3.57. The number of likely N-dealkylation sites (tertiary alicyclic amines) is 2. The zero-order valence-electron chi connectivity index (χ0n) is 21.0. The maximum atomic E-state index is 12.9. The number of nitrogens with zero attached hydrogens (tertiary/aromatic N) is 2. The van der Waals surface area contributed by atoms with Crippen LogP contribution in [0.5, 0.6) is 5.75 Å². The van der Waals surface area contributed by atoms with Gasteiger partial charge in [0.2, 0.25) is 5.91 Å². The number of urea groups is 1. The van der Waals surface area contributed by atoms with Crippen LogP contribution < -0.4 is 20.7 Å². The molecule has 3 atom stereocenters. The summed E-state index contributed by atoms with van der Waals surface area (Å²) < 4.78 is 5.30. The van der Waals surface area contributed by atoms with Crippen molar-refractivity contribution >= 4 is 46.7 Å². The second-order valence-corrected chi connectivity index (χ2v) is 12.2. The smallest absolute Gasteiger partial charge is 0.315 e. The number of hydrogen-bond acceptors (Lipinski definition) is 5. The van der Waals surface area contributed by atoms with Gasteiger partial charge < -0.3 is 30.5 Å². The van der Waals surface area contributed by atoms with Gasteiger partial charge >= 0.3 is 6.03 Å². The molecule has 4 heterocycles. The van der Waals surface area contributed by atoms with Crippen molar-refractivity contribution in [2.45, 2.75) is 62.3 Å². The maximum Gasteiger partial charge on any atom is 0.315 e. The van der Waals surface area contributed by atoms with E-state index in [-0.39, 0.29) is 23.5 Å². The zero-order chi connectivity index (χ0) is 25.1. The van der Waals surface area contributed by atoms with E-state index in [1.165, 1.54) is 0 Å². The SMILES string of the molecule is COc1cccc(NC(=S)N2CCC3(CCN(C(=O)CCCCC4SCC5NC(=O)NC54)C3)CC2)c1. The summed E-state index contributed by atoms with van der Waals surface area (Å²) in [5, 5.41) is 10.6. The number of fused-ring (bicyclic) bond motifs is 1. The maximum absolute atomic E-state index is 12.9. The van der Waals surface area contributed by atoms with E-state index in [0.29, 0.717) is 17.6 Å². The molecule has 0 aromatic heterocycles. The number of methoxy groups -OCH3 is 1. The summed E-state index contributed by atoms with van der Waals surface area (Å²) in [6.07, 6.45) is 6.88. The molecule has 4 fully saturated rings. The fourth-order valence-electron chi connectivity index (χ4n) is 6.07. The topological polar surface area (TPSA) is 85.9 Å². The number of amides is 3. The molecule has 3 N–H and O–H groups in total. The van der Waals surface area contributed by atoms with E-state index in [0.717, 1.165) is 87.0 Å². The van der Waals surface area contributed by atoms with Gasteiger partial charge in [0.05, 0.1) is 19.2 Å². The van der Waals surface area contributed by atoms with Crippen LogP contribution >= 0.6 is 24.0 Å². The Morgan fingerprint density at radius 3 is 2.75 bits per heavy atom. The molecular formula is C26H37N5O3S2. The molecule has 0 saturated carbocycles. The molecule has 1 aromatic rings. The number of anilines is 1. The van der Waals surface area contributed by atoms with Crippen LogP contribution in [0.15, 0.2) is 24.3 Å². The van der Waals surface area contributed by atoms with Crippen LogP contribution in [-0.4, -0.2) is 83.2 Å². The number of carbonyl (C=O) groups excluding carboxylic acids is 2. The summed E-state index contributed by atoms with van der Waals surface area (Å²) in [5.74, 6) is 2.10. The lowest BCUT2D eigenvalue weighted by Gasteiger charge is -2.40. The number of unbranched alkanes of at least 4 members (excludes halogenated alkanes) is 1. The van der Waals surface area contributed by atoms with Gasteiger partial charge in [-0.05, 0) is 61.9 Å². The molecule has 10 heteroatoms. The number of benzene rings is 1. The number of thiocarbonyl (C=S) groups is 1. The fraction of sp³-hybridized carbons (Fsp3) is 0.654. The predicted octanol–water partition coefficient (Wildman–Crippen LogP) is 3.43. The van der Waals surface area contributed by atoms with Crippen molar-refractivity contribution in [1.29, 1.82) is 0 Å². The number of ether oxygens (including phenoxy) is 1. The van der Waals surface area contributed by atoms with Crippen molar-refractivity contribution in [1.82, 2.24) is 20.4 Å². The van der Waals surface area contributed by atoms with Gasteiger partial charge in [-0.2, -0.15) is 11.8 Å². The molecule has 3 unspecified atom stereocenters. The lowest BCUT2D eigenvalue weighted by atomic mass is 9.78. The number of nitrogens with one attached hydrogen (secondary N) is 3. The Labute approximate surface area is 223 Å². The molecule has 0 radical (unpaired) electrons. The van der Waals surface area contributed by atoms with Crippen molar-refractivity contribution < 1.29 is 14.3 Å². The Morgan fingerprint density at radius 1 is 1.19 bits per heavy atom. The van der Waals surface area contributed by atoms with Gasteiger partial charge in [0.25, 0.3) is 0 Å². The van der Waals surface area contributed by atoms with E-state index in [1.54, 1.807) is 7.11 Å². The molecule has 4 aliphatic heterocycles. The van der Waals surface area contributed by atoms with E-state index in [2.05, 4.69) is 25.8 Å². The number of thioether (sulfide) groups is 1. The summed E-state index contributed by atoms with van der Waals surface area (Å²) in [6.45, 7) is 3.61. The van der Waals surface area contributed by atoms with Gasteiger partial charge in [-0.1, -0.05) is 12.5 Å². The summed E-state index contributed by atoms with van der Waals surface area (Å²) in [5.41, 5.74) is 1.18. The highest BCUT2D eigenvalue weighted by Gasteiger charge is 2.43. The summed E-state index contributed by atoms with van der Waals surface area (Å²) in [6, 6.07) is 8.31. The molecule has 4 saturated heterocycles. The van der Waals surface area contributed by atoms with Gasteiger partial charge in [0.1, 0.15) is 5.75 Å². The molecule has 4 aliphatic rings. The molecule has 1 spiro atoms. The summed E-state index contributed by atoms with van der Waals surface area (Å²) >= 11 is 7.62. The standard InChI is InChI=1S/C26H37N5O3S2/c1-34-19-6-4-5-18(15-19)27-25(35)30-12-9-26(10-13-30)11-14-31(17-26)22(32)8-3-2-7-21-23-20(16-36-21)28-24(33)29-23/h4-6,15,20-21,23H,2-3,7-14,16-17H2,1H3,(H,27,35)(H2,28,29,33). The minimum atomic E-state index is -0.0331. The molecule has 0 bridgehead atoms. The Hall–Kier alpha value is -2.20. The van der Waals surface area contributed by atoms with Crippen LogP contribution in [0.1, 0.15) is 44.9 Å². The van der Waals surface area contributed by atoms with Crippen LogP contribution in [0.25, 0.3) is 0 Å². The highest BCUT2D eigenvalue weighted by atomic mass is 32.2. The largest absolute Gasteiger partial charge is 0.497 e. The van der Waals surface area contributed by atoms with Crippen LogP contribution in [0.3, 0.4) is 0 Å². The third kappa shape index (κ3) is 5.69. The van der Waals surface area contributed by atoms with Gasteiger partial charge in [-0.15, -0.1) is 0 Å². The minimum Gasteiger partial charge on any atom is -0.497 e. The van der Waals surface area contributed by atoms with Crippen LogP contribution in [0, 0.1) is 5.41 Å². The Kier molecular flexibility index (Phi) is 7.81. The van der Waals surface area contributed by atoms with E-state index < -0.39 is 0 Å². The second kappa shape index (κ2) is 11.0. The molecule has 36 heavy (non-hydrogen) atoms. The van der Waals surface area contributed by atoms with E-state index >= 15 is 0 Å². The van der Waals surface area contributed by atoms with Crippen molar-refractivity contribution in [2.75, 3.05) is 44.4 Å². The van der Waals surface area contributed by atoms with Gasteiger partial charge in [0, 0.05) is 55.4 Å². The lowest BCUT2D eigenvalue weighted by molar-refractivity contribution is -0.130. The third-order valence-electron chi connectivity index (χ3n) is 8.29. The average molecular weight is 532 g/mol. The molecule has 5 rings (SSSR count). The fourth-order valence-corrected chi connectivity index (χ4v) is 7.91. The first kappa shape index (κ1) is 25.4. The zero-order valence-corrected chi connectivity index (χ0v) is 22.6. The first-order chi connectivity index (χ1) is 17.4. The number of piperidine rings is 1. The predicted molar refractivity (Wildman–Crippen MR) is 148 cm³/mol. The highest BCUT2D eigenvalue weighted by Crippen LogP contribution is 2.41. The molecule has 8 nitrogen and oxygen atoms in total. The van der Waals surface area contributed by atoms with E-state index in [4.69, 9.17) is 17.0 Å². The van der Waals surface area contributed by atoms with Gasteiger partial charge in [-0.25, -0.2) is 4.79 Å². The second-order valence-electron chi connectivity index (χ2n) is 10.6. The van der Waals surface area contributed by atoms with Crippen molar-refractivity contribution in [3.05, 3.63) is 24.3 Å². The van der Waals surface area contributed by atoms with Crippen LogP contribution in [0.4, 0.5) is 10.5 Å². The highest BCUT2D eigenvalue weighted by molar-refractivity contribution is 8.00. The van der Waals surface area contributed by atoms with Crippen LogP contribution in [-0.2, 0) is 4.79 Å². The Balaban J connectivity index is 1.01. The van der Waals surface area contributed by atoms with E-state index in [9.17, 15) is 9.59 Å². The molecule has 3 amide bonds. The number of carbonyl (C=O) groups is 2. The summed E-state index contributed by atoms with van der Waals surface area (Å²) in [4.78, 5) is 28.8. The third-order valence-corrected chi connectivity index (χ3v) is 10.2. The Bertz CT molecular complexity index is 984. The first-order valence-corrected chi connectivity index (χ1v) is 14.6. The molecule has 196 valence electrons. The van der Waals surface area contributed by atoms with Gasteiger partial charge in [0.15, 0.2) is 5.11 Å². The normalized spacial score (nSPS) is 26.5. The molecule has 0 aliphatic carbocycles. The van der Waals surface area contributed by atoms with Crippen molar-refractivity contribution in [2.24, 2.45) is 5.41 Å².